The smallest absolute Gasteiger partial charge is 0.375 e. The number of carbonyl (C=O) groups excluding carboxylic acids is 2. The Morgan fingerprint density at radius 2 is 2.00 bits per heavy atom. The molecule has 1 aromatic heterocycles. The normalized spacial score (nSPS) is 10.6. The number of esters is 1. The molecule has 0 unspecified atom stereocenters. The van der Waals surface area contributed by atoms with Gasteiger partial charge in [0.1, 0.15) is 11.3 Å². The summed E-state index contributed by atoms with van der Waals surface area (Å²) < 4.78 is 15.7. The van der Waals surface area contributed by atoms with Gasteiger partial charge >= 0.3 is 5.97 Å². The summed E-state index contributed by atoms with van der Waals surface area (Å²) in [5.74, 6) is -0.346. The van der Waals surface area contributed by atoms with Crippen LogP contribution in [-0.2, 0) is 16.1 Å². The number of hydrogen-bond acceptors (Lipinski definition) is 5. The predicted octanol–water partition coefficient (Wildman–Crippen LogP) is 3.88. The van der Waals surface area contributed by atoms with Crippen molar-refractivity contribution in [1.82, 2.24) is 5.32 Å². The molecule has 0 saturated heterocycles. The summed E-state index contributed by atoms with van der Waals surface area (Å²) in [6, 6.07) is 12.4. The lowest BCUT2D eigenvalue weighted by Gasteiger charge is -2.07. The molecular weight excluding hydrogens is 370 g/mol. The zero-order valence-corrected chi connectivity index (χ0v) is 15.6. The van der Waals surface area contributed by atoms with Crippen LogP contribution in [0.25, 0.3) is 11.0 Å². The number of benzene rings is 2. The van der Waals surface area contributed by atoms with Gasteiger partial charge in [0, 0.05) is 22.5 Å². The van der Waals surface area contributed by atoms with Gasteiger partial charge in [-0.2, -0.15) is 0 Å². The van der Waals surface area contributed by atoms with Crippen LogP contribution in [0.2, 0.25) is 5.02 Å². The topological polar surface area (TPSA) is 77.8 Å². The first-order valence-corrected chi connectivity index (χ1v) is 8.61. The van der Waals surface area contributed by atoms with E-state index in [-0.39, 0.29) is 5.76 Å². The van der Waals surface area contributed by atoms with Crippen LogP contribution in [0.4, 0.5) is 0 Å². The Balaban J connectivity index is 1.57. The second kappa shape index (κ2) is 8.14. The summed E-state index contributed by atoms with van der Waals surface area (Å²) in [7, 11) is 1.57. The molecule has 0 aliphatic carbocycles. The molecule has 0 bridgehead atoms. The number of fused-ring (bicyclic) bond motifs is 1. The second-order valence-corrected chi connectivity index (χ2v) is 6.34. The minimum absolute atomic E-state index is 0.0628. The Morgan fingerprint density at radius 1 is 1.19 bits per heavy atom. The molecule has 3 rings (SSSR count). The molecule has 7 heteroatoms. The fourth-order valence-electron chi connectivity index (χ4n) is 2.62. The van der Waals surface area contributed by atoms with Gasteiger partial charge in [0.2, 0.25) is 5.76 Å². The van der Waals surface area contributed by atoms with Gasteiger partial charge in [0.25, 0.3) is 5.91 Å². The molecule has 0 aliphatic heterocycles. The predicted molar refractivity (Wildman–Crippen MR) is 101 cm³/mol. The van der Waals surface area contributed by atoms with E-state index in [0.29, 0.717) is 28.5 Å². The Morgan fingerprint density at radius 3 is 2.78 bits per heavy atom. The Kier molecular flexibility index (Phi) is 5.66. The van der Waals surface area contributed by atoms with E-state index in [1.807, 2.05) is 24.3 Å². The third-order valence-electron chi connectivity index (χ3n) is 4.04. The van der Waals surface area contributed by atoms with Crippen LogP contribution in [0.3, 0.4) is 0 Å². The number of rotatable bonds is 6. The number of amides is 1. The van der Waals surface area contributed by atoms with Gasteiger partial charge in [-0.05, 0) is 42.8 Å². The van der Waals surface area contributed by atoms with Crippen LogP contribution in [0.5, 0.6) is 5.75 Å². The number of aryl methyl sites for hydroxylation is 1. The Labute approximate surface area is 161 Å². The summed E-state index contributed by atoms with van der Waals surface area (Å²) >= 11 is 5.97. The van der Waals surface area contributed by atoms with E-state index in [9.17, 15) is 9.59 Å². The van der Waals surface area contributed by atoms with Crippen molar-refractivity contribution in [3.8, 4) is 5.75 Å². The standard InChI is InChI=1S/C20H18ClNO5/c1-12-16-9-14(21)6-7-17(16)27-19(12)20(24)26-11-18(23)22-10-13-4-3-5-15(8-13)25-2/h3-9H,10-11H2,1-2H3,(H,22,23). The van der Waals surface area contributed by atoms with Crippen LogP contribution in [-0.4, -0.2) is 25.6 Å². The van der Waals surface area contributed by atoms with Crippen LogP contribution in [0, 0.1) is 6.92 Å². The minimum atomic E-state index is -0.698. The third-order valence-corrected chi connectivity index (χ3v) is 4.28. The molecule has 2 aromatic carbocycles. The number of furan rings is 1. The average molecular weight is 388 g/mol. The van der Waals surface area contributed by atoms with E-state index in [0.717, 1.165) is 10.9 Å². The van der Waals surface area contributed by atoms with Crippen LogP contribution < -0.4 is 10.1 Å². The summed E-state index contributed by atoms with van der Waals surface area (Å²) in [6.45, 7) is 1.64. The molecule has 3 aromatic rings. The Bertz CT molecular complexity index is 995. The maximum absolute atomic E-state index is 12.2. The highest BCUT2D eigenvalue weighted by Crippen LogP contribution is 2.28. The minimum Gasteiger partial charge on any atom is -0.497 e. The highest BCUT2D eigenvalue weighted by molar-refractivity contribution is 6.31. The SMILES string of the molecule is COc1cccc(CNC(=O)COC(=O)c2oc3ccc(Cl)cc3c2C)c1. The van der Waals surface area contributed by atoms with Crippen molar-refractivity contribution in [1.29, 1.82) is 0 Å². The van der Waals surface area contributed by atoms with Crippen LogP contribution in [0.15, 0.2) is 46.9 Å². The Hall–Kier alpha value is -2.99. The van der Waals surface area contributed by atoms with Gasteiger partial charge in [-0.3, -0.25) is 4.79 Å². The van der Waals surface area contributed by atoms with Crippen LogP contribution >= 0.6 is 11.6 Å². The molecule has 0 aliphatic rings. The molecule has 1 heterocycles. The first-order valence-electron chi connectivity index (χ1n) is 8.23. The first kappa shape index (κ1) is 18.8. The number of hydrogen-bond donors (Lipinski definition) is 1. The number of nitrogens with one attached hydrogen (secondary N) is 1. The third kappa shape index (κ3) is 4.41. The van der Waals surface area contributed by atoms with Crippen molar-refractivity contribution in [2.75, 3.05) is 13.7 Å². The highest BCUT2D eigenvalue weighted by atomic mass is 35.5. The number of methoxy groups -OCH3 is 1. The molecule has 1 amide bonds. The fraction of sp³-hybridized carbons (Fsp3) is 0.200. The van der Waals surface area contributed by atoms with Gasteiger partial charge in [-0.1, -0.05) is 23.7 Å². The van der Waals surface area contributed by atoms with Crippen molar-refractivity contribution in [2.24, 2.45) is 0 Å². The number of carbonyl (C=O) groups is 2. The summed E-state index contributed by atoms with van der Waals surface area (Å²) in [5.41, 5.74) is 2.03. The molecule has 140 valence electrons. The van der Waals surface area contributed by atoms with Crippen molar-refractivity contribution in [2.45, 2.75) is 13.5 Å². The fourth-order valence-corrected chi connectivity index (χ4v) is 2.79. The zero-order valence-electron chi connectivity index (χ0n) is 14.9. The second-order valence-electron chi connectivity index (χ2n) is 5.90. The zero-order chi connectivity index (χ0) is 19.4. The summed E-state index contributed by atoms with van der Waals surface area (Å²) in [4.78, 5) is 24.2. The summed E-state index contributed by atoms with van der Waals surface area (Å²) in [6.07, 6.45) is 0. The summed E-state index contributed by atoms with van der Waals surface area (Å²) in [5, 5.41) is 3.96. The monoisotopic (exact) mass is 387 g/mol. The molecule has 27 heavy (non-hydrogen) atoms. The van der Waals surface area contributed by atoms with Crippen molar-refractivity contribution >= 4 is 34.4 Å². The molecule has 0 saturated carbocycles. The highest BCUT2D eigenvalue weighted by Gasteiger charge is 2.20. The van der Waals surface area contributed by atoms with Crippen molar-refractivity contribution < 1.29 is 23.5 Å². The number of halogens is 1. The lowest BCUT2D eigenvalue weighted by Crippen LogP contribution is -2.28. The van der Waals surface area contributed by atoms with E-state index in [1.54, 1.807) is 32.2 Å². The van der Waals surface area contributed by atoms with E-state index in [2.05, 4.69) is 5.32 Å². The quantitative estimate of drug-likeness (QED) is 0.649. The molecule has 0 spiro atoms. The lowest BCUT2D eigenvalue weighted by atomic mass is 10.1. The molecule has 0 atom stereocenters. The van der Waals surface area contributed by atoms with Crippen LogP contribution in [0.1, 0.15) is 21.7 Å². The van der Waals surface area contributed by atoms with Gasteiger partial charge in [0.05, 0.1) is 7.11 Å². The van der Waals surface area contributed by atoms with Gasteiger partial charge in [-0.15, -0.1) is 0 Å². The van der Waals surface area contributed by atoms with E-state index < -0.39 is 18.5 Å². The number of ether oxygens (including phenoxy) is 2. The molecular formula is C20H18ClNO5. The van der Waals surface area contributed by atoms with Crippen molar-refractivity contribution in [3.05, 3.63) is 64.4 Å². The van der Waals surface area contributed by atoms with E-state index in [1.165, 1.54) is 0 Å². The first-order chi connectivity index (χ1) is 13.0. The molecule has 1 N–H and O–H groups in total. The average Bonchev–Trinajstić information content (AvgIpc) is 3.01. The van der Waals surface area contributed by atoms with Crippen molar-refractivity contribution in [3.63, 3.8) is 0 Å². The van der Waals surface area contributed by atoms with E-state index >= 15 is 0 Å². The largest absolute Gasteiger partial charge is 0.497 e. The lowest BCUT2D eigenvalue weighted by molar-refractivity contribution is -0.124. The maximum atomic E-state index is 12.2. The van der Waals surface area contributed by atoms with E-state index in [4.69, 9.17) is 25.5 Å². The molecule has 0 radical (unpaired) electrons. The van der Waals surface area contributed by atoms with Gasteiger partial charge in [-0.25, -0.2) is 4.79 Å². The van der Waals surface area contributed by atoms with Gasteiger partial charge in [0.15, 0.2) is 6.61 Å². The maximum Gasteiger partial charge on any atom is 0.375 e. The molecule has 0 fully saturated rings. The van der Waals surface area contributed by atoms with Gasteiger partial charge < -0.3 is 19.2 Å². The molecule has 6 nitrogen and oxygen atoms in total.